The van der Waals surface area contributed by atoms with Gasteiger partial charge in [0.05, 0.1) is 34.2 Å². The summed E-state index contributed by atoms with van der Waals surface area (Å²) in [5, 5.41) is 0. The summed E-state index contributed by atoms with van der Waals surface area (Å²) in [6.45, 7) is 14.0. The van der Waals surface area contributed by atoms with Gasteiger partial charge >= 0.3 is 0 Å². The molecule has 0 radical (unpaired) electrons. The van der Waals surface area contributed by atoms with E-state index in [1.165, 1.54) is 16.7 Å². The number of hydrogen-bond donors (Lipinski definition) is 0. The average Bonchev–Trinajstić information content (AvgIpc) is 3.81. The maximum Gasteiger partial charge on any atom is 0.115 e. The first-order chi connectivity index (χ1) is 44.6. The highest BCUT2D eigenvalue weighted by Crippen LogP contribution is 2.22. The molecule has 91 heavy (non-hydrogen) atoms. The van der Waals surface area contributed by atoms with Gasteiger partial charge in [-0.25, -0.2) is 19.9 Å². The van der Waals surface area contributed by atoms with Crippen molar-refractivity contribution in [1.82, 2.24) is 69.8 Å². The lowest BCUT2D eigenvalue weighted by molar-refractivity contribution is 1.10. The minimum atomic E-state index is 0.922. The van der Waals surface area contributed by atoms with Crippen molar-refractivity contribution in [1.29, 1.82) is 0 Å². The molecule has 0 aliphatic heterocycles. The number of nitrogens with zero attached hydrogens (tertiary/aromatic N) is 14. The van der Waals surface area contributed by atoms with Crippen LogP contribution in [0, 0.1) is 48.5 Å². The highest BCUT2D eigenvalue weighted by molar-refractivity contribution is 5.65. The van der Waals surface area contributed by atoms with Gasteiger partial charge in [-0.3, -0.25) is 49.8 Å². The maximum absolute atomic E-state index is 4.44. The summed E-state index contributed by atoms with van der Waals surface area (Å²) in [7, 11) is 0. The molecule has 0 N–H and O–H groups in total. The van der Waals surface area contributed by atoms with E-state index in [1.807, 2.05) is 248 Å². The topological polar surface area (TPSA) is 180 Å². The standard InChI is InChI=1S/2C12H11N.3C11H10N2.2C10H9N3/c1-10-6-5-9-12(13-10)11-7-3-2-4-8-11;1-10-7-8-13-12(9-10)11-5-3-2-4-6-11;1-9-4-2-6-11(13-9)10-5-3-7-12-8-10;1-9-5-4-7-11(13-9)10-6-2-3-8-12-10;1-9-3-2-4-11(13-9)10-5-7-12-8-6-10;1-8-10(6-12-7-13-8)9-2-4-11-5-3-9;1-8-10(6-12-7-13-8)9-3-2-4-11-5-9/h2*2-9H,1H3;3*2-8H,1H3;2*2-7H,1H3. The third kappa shape index (κ3) is 21.8. The quantitative estimate of drug-likeness (QED) is 0.147. The van der Waals surface area contributed by atoms with Crippen molar-refractivity contribution < 1.29 is 0 Å². The smallest absolute Gasteiger partial charge is 0.115 e. The molecule has 12 aromatic heterocycles. The summed E-state index contributed by atoms with van der Waals surface area (Å²) in [6.07, 6.45) is 24.6. The number of aryl methyl sites for hydroxylation is 7. The Morgan fingerprint density at radius 1 is 0.220 bits per heavy atom. The van der Waals surface area contributed by atoms with E-state index >= 15 is 0 Å². The fourth-order valence-electron chi connectivity index (χ4n) is 8.66. The zero-order valence-corrected chi connectivity index (χ0v) is 52.1. The Hall–Kier alpha value is -11.9. The first kappa shape index (κ1) is 65.1. The van der Waals surface area contributed by atoms with Crippen molar-refractivity contribution in [2.24, 2.45) is 0 Å². The Labute approximate surface area is 533 Å². The molecule has 0 aliphatic rings. The van der Waals surface area contributed by atoms with Gasteiger partial charge in [0, 0.05) is 147 Å². The van der Waals surface area contributed by atoms with Crippen molar-refractivity contribution in [3.63, 3.8) is 0 Å². The third-order valence-corrected chi connectivity index (χ3v) is 13.3. The monoisotopic (exact) mass is 1190 g/mol. The molecule has 0 amide bonds. The van der Waals surface area contributed by atoms with Gasteiger partial charge in [-0.2, -0.15) is 0 Å². The predicted octanol–water partition coefficient (Wildman–Crippen LogP) is 17.2. The molecule has 14 rings (SSSR count). The number of aromatic nitrogens is 14. The molecule has 2 aromatic carbocycles. The number of hydrogen-bond acceptors (Lipinski definition) is 14. The van der Waals surface area contributed by atoms with Crippen LogP contribution in [0.4, 0.5) is 0 Å². The molecule has 14 nitrogen and oxygen atoms in total. The zero-order chi connectivity index (χ0) is 63.7. The Morgan fingerprint density at radius 3 is 1.07 bits per heavy atom. The first-order valence-electron chi connectivity index (χ1n) is 29.4. The molecule has 0 fully saturated rings. The van der Waals surface area contributed by atoms with Crippen molar-refractivity contribution >= 4 is 0 Å². The minimum absolute atomic E-state index is 0.922. The summed E-state index contributed by atoms with van der Waals surface area (Å²) < 4.78 is 0. The summed E-state index contributed by atoms with van der Waals surface area (Å²) >= 11 is 0. The second-order valence-electron chi connectivity index (χ2n) is 20.3. The van der Waals surface area contributed by atoms with Crippen LogP contribution in [-0.2, 0) is 0 Å². The second kappa shape index (κ2) is 35.7. The zero-order valence-electron chi connectivity index (χ0n) is 52.1. The summed E-state index contributed by atoms with van der Waals surface area (Å²) in [5.74, 6) is 0. The number of pyridine rings is 10. The normalized spacial score (nSPS) is 9.92. The Kier molecular flexibility index (Phi) is 25.5. The van der Waals surface area contributed by atoms with Crippen LogP contribution in [0.25, 0.3) is 78.7 Å². The molecule has 0 spiro atoms. The molecular formula is C77H70N14. The first-order valence-corrected chi connectivity index (χ1v) is 29.4. The highest BCUT2D eigenvalue weighted by atomic mass is 14.8. The Balaban J connectivity index is 0.000000137. The van der Waals surface area contributed by atoms with Crippen LogP contribution in [0.1, 0.15) is 39.7 Å². The molecular weight excluding hydrogens is 1120 g/mol. The van der Waals surface area contributed by atoms with E-state index in [-0.39, 0.29) is 0 Å². The molecule has 0 saturated carbocycles. The number of benzene rings is 2. The summed E-state index contributed by atoms with van der Waals surface area (Å²) in [4.78, 5) is 58.4. The van der Waals surface area contributed by atoms with Gasteiger partial charge < -0.3 is 0 Å². The third-order valence-electron chi connectivity index (χ3n) is 13.3. The second-order valence-corrected chi connectivity index (χ2v) is 20.3. The minimum Gasteiger partial charge on any atom is -0.265 e. The van der Waals surface area contributed by atoms with Crippen LogP contribution >= 0.6 is 0 Å². The van der Waals surface area contributed by atoms with E-state index in [0.29, 0.717) is 0 Å². The largest absolute Gasteiger partial charge is 0.265 e. The van der Waals surface area contributed by atoms with Gasteiger partial charge in [0.2, 0.25) is 0 Å². The van der Waals surface area contributed by atoms with E-state index in [0.717, 1.165) is 102 Å². The van der Waals surface area contributed by atoms with Gasteiger partial charge in [-0.15, -0.1) is 0 Å². The van der Waals surface area contributed by atoms with E-state index in [9.17, 15) is 0 Å². The van der Waals surface area contributed by atoms with Crippen LogP contribution < -0.4 is 0 Å². The molecule has 0 aliphatic carbocycles. The van der Waals surface area contributed by atoms with Gasteiger partial charge in [0.25, 0.3) is 0 Å². The maximum atomic E-state index is 4.44. The highest BCUT2D eigenvalue weighted by Gasteiger charge is 2.04. The van der Waals surface area contributed by atoms with Crippen molar-refractivity contribution in [3.8, 4) is 78.7 Å². The van der Waals surface area contributed by atoms with E-state index in [1.54, 1.807) is 62.2 Å². The SMILES string of the molecule is Cc1cccc(-c2ccccc2)n1.Cc1cccc(-c2ccccn2)n1.Cc1cccc(-c2cccnc2)n1.Cc1cccc(-c2ccncc2)n1.Cc1ccnc(-c2ccccc2)c1.Cc1ncncc1-c1cccnc1.Cc1ncncc1-c1ccncc1. The molecule has 0 bridgehead atoms. The fourth-order valence-corrected chi connectivity index (χ4v) is 8.66. The van der Waals surface area contributed by atoms with Gasteiger partial charge in [0.15, 0.2) is 0 Å². The van der Waals surface area contributed by atoms with E-state index in [2.05, 4.69) is 107 Å². The summed E-state index contributed by atoms with van der Waals surface area (Å²) in [5.41, 5.74) is 22.0. The Morgan fingerprint density at radius 2 is 0.615 bits per heavy atom. The van der Waals surface area contributed by atoms with Crippen molar-refractivity contribution in [2.45, 2.75) is 48.5 Å². The van der Waals surface area contributed by atoms with E-state index < -0.39 is 0 Å². The molecule has 14 aromatic rings. The van der Waals surface area contributed by atoms with Crippen molar-refractivity contribution in [3.05, 3.63) is 339 Å². The molecule has 12 heterocycles. The summed E-state index contributed by atoms with van der Waals surface area (Å²) in [6, 6.07) is 70.0. The van der Waals surface area contributed by atoms with Gasteiger partial charge in [-0.05, 0) is 175 Å². The fraction of sp³-hybridized carbons (Fsp3) is 0.0909. The molecule has 0 unspecified atom stereocenters. The van der Waals surface area contributed by atoms with E-state index in [4.69, 9.17) is 0 Å². The van der Waals surface area contributed by atoms with Crippen molar-refractivity contribution in [2.75, 3.05) is 0 Å². The van der Waals surface area contributed by atoms with Crippen LogP contribution in [0.2, 0.25) is 0 Å². The average molecular weight is 1190 g/mol. The molecule has 448 valence electrons. The molecule has 0 atom stereocenters. The van der Waals surface area contributed by atoms with Gasteiger partial charge in [-0.1, -0.05) is 97.1 Å². The lowest BCUT2D eigenvalue weighted by atomic mass is 10.1. The predicted molar refractivity (Wildman–Crippen MR) is 365 cm³/mol. The molecule has 14 heteroatoms. The Bertz CT molecular complexity index is 3810. The van der Waals surface area contributed by atoms with Crippen LogP contribution in [0.5, 0.6) is 0 Å². The lowest BCUT2D eigenvalue weighted by Crippen LogP contribution is -1.88. The molecule has 0 saturated heterocycles. The van der Waals surface area contributed by atoms with Crippen LogP contribution in [0.3, 0.4) is 0 Å². The van der Waals surface area contributed by atoms with Gasteiger partial charge in [0.1, 0.15) is 12.7 Å². The number of rotatable bonds is 7. The lowest BCUT2D eigenvalue weighted by Gasteiger charge is -2.02. The van der Waals surface area contributed by atoms with Crippen LogP contribution in [-0.4, -0.2) is 69.8 Å². The van der Waals surface area contributed by atoms with Crippen LogP contribution in [0.15, 0.2) is 299 Å².